The van der Waals surface area contributed by atoms with Gasteiger partial charge in [-0.2, -0.15) is 0 Å². The zero-order valence-electron chi connectivity index (χ0n) is 10.4. The predicted octanol–water partition coefficient (Wildman–Crippen LogP) is 1.59. The summed E-state index contributed by atoms with van der Waals surface area (Å²) in [5, 5.41) is 0. The van der Waals surface area contributed by atoms with Gasteiger partial charge in [-0.3, -0.25) is 0 Å². The number of nitrogens with two attached hydrogens (primary N) is 1. The Bertz CT molecular complexity index is 285. The van der Waals surface area contributed by atoms with Crippen molar-refractivity contribution in [3.8, 4) is 0 Å². The Morgan fingerprint density at radius 3 is 2.62 bits per heavy atom. The molecule has 1 saturated heterocycles. The van der Waals surface area contributed by atoms with E-state index in [1.807, 2.05) is 25.7 Å². The molecule has 2 rings (SSSR count). The van der Waals surface area contributed by atoms with Gasteiger partial charge in [0.25, 0.3) is 0 Å². The summed E-state index contributed by atoms with van der Waals surface area (Å²) in [5.74, 6) is 1.52. The number of fused-ring (bicyclic) bond motifs is 1. The smallest absolute Gasteiger partial charge is 0.410 e. The number of piperidine rings is 1. The van der Waals surface area contributed by atoms with E-state index in [0.717, 1.165) is 18.9 Å². The Balaban J connectivity index is 1.98. The van der Waals surface area contributed by atoms with E-state index >= 15 is 0 Å². The average Bonchev–Trinajstić information content (AvgIpc) is 2.90. The lowest BCUT2D eigenvalue weighted by atomic mass is 10.0. The van der Waals surface area contributed by atoms with E-state index in [1.165, 1.54) is 6.42 Å². The summed E-state index contributed by atoms with van der Waals surface area (Å²) in [6.45, 7) is 7.06. The van der Waals surface area contributed by atoms with E-state index in [2.05, 4.69) is 0 Å². The van der Waals surface area contributed by atoms with Gasteiger partial charge in [0.05, 0.1) is 0 Å². The Morgan fingerprint density at radius 1 is 1.38 bits per heavy atom. The van der Waals surface area contributed by atoms with Crippen molar-refractivity contribution in [2.75, 3.05) is 13.1 Å². The molecule has 0 aromatic carbocycles. The minimum Gasteiger partial charge on any atom is -0.444 e. The Hall–Kier alpha value is -0.770. The summed E-state index contributed by atoms with van der Waals surface area (Å²) in [7, 11) is 0. The van der Waals surface area contributed by atoms with Crippen molar-refractivity contribution in [2.45, 2.75) is 45.3 Å². The highest BCUT2D eigenvalue weighted by Crippen LogP contribution is 2.47. The molecule has 0 spiro atoms. The third kappa shape index (κ3) is 2.48. The van der Waals surface area contributed by atoms with Gasteiger partial charge in [-0.1, -0.05) is 0 Å². The molecule has 92 valence electrons. The van der Waals surface area contributed by atoms with E-state index in [-0.39, 0.29) is 12.1 Å². The topological polar surface area (TPSA) is 55.6 Å². The van der Waals surface area contributed by atoms with Gasteiger partial charge in [0.1, 0.15) is 5.60 Å². The molecule has 1 amide bonds. The molecule has 1 heterocycles. The van der Waals surface area contributed by atoms with Crippen molar-refractivity contribution in [1.82, 2.24) is 4.90 Å². The summed E-state index contributed by atoms with van der Waals surface area (Å²) in [6.07, 6.45) is 2.12. The standard InChI is InChI=1S/C12H22N2O2/c1-12(2,3)16-11(15)14-7-9-4-8(9)5-10(14)6-13/h8-10H,4-7,13H2,1-3H3. The molecule has 2 aliphatic rings. The molecule has 1 aliphatic carbocycles. The first-order chi connectivity index (χ1) is 7.40. The van der Waals surface area contributed by atoms with Crippen molar-refractivity contribution in [1.29, 1.82) is 0 Å². The molecule has 4 nitrogen and oxygen atoms in total. The second kappa shape index (κ2) is 3.91. The predicted molar refractivity (Wildman–Crippen MR) is 62.0 cm³/mol. The van der Waals surface area contributed by atoms with E-state index in [0.29, 0.717) is 12.5 Å². The summed E-state index contributed by atoms with van der Waals surface area (Å²) >= 11 is 0. The number of carbonyl (C=O) groups is 1. The fourth-order valence-corrected chi connectivity index (χ4v) is 2.47. The summed E-state index contributed by atoms with van der Waals surface area (Å²) in [5.41, 5.74) is 5.31. The minimum atomic E-state index is -0.420. The molecular formula is C12H22N2O2. The van der Waals surface area contributed by atoms with E-state index in [9.17, 15) is 4.79 Å². The van der Waals surface area contributed by atoms with Crippen molar-refractivity contribution < 1.29 is 9.53 Å². The summed E-state index contributed by atoms with van der Waals surface area (Å²) in [6, 6.07) is 0.179. The molecule has 0 aromatic rings. The Labute approximate surface area is 97.1 Å². The maximum atomic E-state index is 12.0. The maximum Gasteiger partial charge on any atom is 0.410 e. The summed E-state index contributed by atoms with van der Waals surface area (Å²) in [4.78, 5) is 13.8. The fraction of sp³-hybridized carbons (Fsp3) is 0.917. The van der Waals surface area contributed by atoms with Gasteiger partial charge in [-0.15, -0.1) is 0 Å². The van der Waals surface area contributed by atoms with Gasteiger partial charge < -0.3 is 15.4 Å². The Morgan fingerprint density at radius 2 is 2.06 bits per heavy atom. The fourth-order valence-electron chi connectivity index (χ4n) is 2.47. The third-order valence-corrected chi connectivity index (χ3v) is 3.42. The largest absolute Gasteiger partial charge is 0.444 e. The summed E-state index contributed by atoms with van der Waals surface area (Å²) < 4.78 is 5.41. The van der Waals surface area contributed by atoms with Crippen LogP contribution >= 0.6 is 0 Å². The molecule has 4 heteroatoms. The maximum absolute atomic E-state index is 12.0. The quantitative estimate of drug-likeness (QED) is 0.738. The van der Waals surface area contributed by atoms with Crippen LogP contribution < -0.4 is 5.73 Å². The number of likely N-dealkylation sites (tertiary alicyclic amines) is 1. The molecule has 2 fully saturated rings. The van der Waals surface area contributed by atoms with Crippen LogP contribution in [0.3, 0.4) is 0 Å². The lowest BCUT2D eigenvalue weighted by Crippen LogP contribution is -2.50. The number of carbonyl (C=O) groups excluding carboxylic acids is 1. The highest BCUT2D eigenvalue weighted by Gasteiger charge is 2.47. The van der Waals surface area contributed by atoms with Crippen LogP contribution in [-0.4, -0.2) is 35.7 Å². The second-order valence-electron chi connectivity index (χ2n) is 6.01. The van der Waals surface area contributed by atoms with Crippen molar-refractivity contribution >= 4 is 6.09 Å². The molecule has 1 saturated carbocycles. The molecule has 0 bridgehead atoms. The van der Waals surface area contributed by atoms with E-state index in [4.69, 9.17) is 10.5 Å². The van der Waals surface area contributed by atoms with Crippen LogP contribution in [0.25, 0.3) is 0 Å². The van der Waals surface area contributed by atoms with Gasteiger partial charge in [-0.05, 0) is 45.4 Å². The SMILES string of the molecule is CC(C)(C)OC(=O)N1CC2CC2CC1CN. The molecule has 0 aromatic heterocycles. The molecule has 3 atom stereocenters. The van der Waals surface area contributed by atoms with Crippen LogP contribution in [0.5, 0.6) is 0 Å². The van der Waals surface area contributed by atoms with Crippen molar-refractivity contribution in [2.24, 2.45) is 17.6 Å². The minimum absolute atomic E-state index is 0.179. The van der Waals surface area contributed by atoms with Gasteiger partial charge in [-0.25, -0.2) is 4.79 Å². The molecule has 2 N–H and O–H groups in total. The van der Waals surface area contributed by atoms with Crippen LogP contribution in [0, 0.1) is 11.8 Å². The van der Waals surface area contributed by atoms with Crippen LogP contribution in [0.1, 0.15) is 33.6 Å². The van der Waals surface area contributed by atoms with Crippen molar-refractivity contribution in [3.05, 3.63) is 0 Å². The molecule has 1 aliphatic heterocycles. The number of ether oxygens (including phenoxy) is 1. The van der Waals surface area contributed by atoms with Crippen LogP contribution in [0.4, 0.5) is 4.79 Å². The molecular weight excluding hydrogens is 204 g/mol. The highest BCUT2D eigenvalue weighted by molar-refractivity contribution is 5.69. The number of nitrogens with zero attached hydrogens (tertiary/aromatic N) is 1. The normalized spacial score (nSPS) is 33.2. The molecule has 16 heavy (non-hydrogen) atoms. The van der Waals surface area contributed by atoms with E-state index in [1.54, 1.807) is 0 Å². The average molecular weight is 226 g/mol. The number of hydrogen-bond acceptors (Lipinski definition) is 3. The first-order valence-corrected chi connectivity index (χ1v) is 6.10. The van der Waals surface area contributed by atoms with Crippen LogP contribution in [0.15, 0.2) is 0 Å². The Kier molecular flexibility index (Phi) is 2.86. The zero-order valence-corrected chi connectivity index (χ0v) is 10.4. The first kappa shape index (κ1) is 11.7. The number of hydrogen-bond donors (Lipinski definition) is 1. The lowest BCUT2D eigenvalue weighted by Gasteiger charge is -2.35. The van der Waals surface area contributed by atoms with E-state index < -0.39 is 5.60 Å². The van der Waals surface area contributed by atoms with Gasteiger partial charge in [0.15, 0.2) is 0 Å². The van der Waals surface area contributed by atoms with Gasteiger partial charge in [0, 0.05) is 19.1 Å². The molecule has 0 radical (unpaired) electrons. The highest BCUT2D eigenvalue weighted by atomic mass is 16.6. The zero-order chi connectivity index (χ0) is 11.9. The second-order valence-corrected chi connectivity index (χ2v) is 6.01. The lowest BCUT2D eigenvalue weighted by molar-refractivity contribution is 0.00975. The monoisotopic (exact) mass is 226 g/mol. The van der Waals surface area contributed by atoms with Gasteiger partial charge >= 0.3 is 6.09 Å². The van der Waals surface area contributed by atoms with Crippen LogP contribution in [0.2, 0.25) is 0 Å². The third-order valence-electron chi connectivity index (χ3n) is 3.42. The number of rotatable bonds is 1. The number of amides is 1. The van der Waals surface area contributed by atoms with Crippen LogP contribution in [-0.2, 0) is 4.74 Å². The first-order valence-electron chi connectivity index (χ1n) is 6.10. The van der Waals surface area contributed by atoms with Gasteiger partial charge in [0.2, 0.25) is 0 Å². The van der Waals surface area contributed by atoms with Crippen molar-refractivity contribution in [3.63, 3.8) is 0 Å². The molecule has 3 unspecified atom stereocenters.